The summed E-state index contributed by atoms with van der Waals surface area (Å²) in [7, 11) is 0. The van der Waals surface area contributed by atoms with Crippen LogP contribution in [0.4, 0.5) is 17.2 Å². The third-order valence-corrected chi connectivity index (χ3v) is 3.13. The Morgan fingerprint density at radius 1 is 1.33 bits per heavy atom. The molecule has 0 saturated heterocycles. The summed E-state index contributed by atoms with van der Waals surface area (Å²) in [4.78, 5) is 16.0. The fraction of sp³-hybridized carbons (Fsp3) is 0.250. The van der Waals surface area contributed by atoms with Gasteiger partial charge >= 0.3 is 5.97 Å². The fourth-order valence-corrected chi connectivity index (χ4v) is 1.96. The van der Waals surface area contributed by atoms with E-state index in [1.54, 1.807) is 13.0 Å². The number of hydrogen-bond acceptors (Lipinski definition) is 5. The van der Waals surface area contributed by atoms with Gasteiger partial charge in [0.2, 0.25) is 0 Å². The van der Waals surface area contributed by atoms with Gasteiger partial charge in [-0.15, -0.1) is 0 Å². The molecular weight excluding hydrogens is 266 g/mol. The lowest BCUT2D eigenvalue weighted by atomic mass is 10.1. The van der Waals surface area contributed by atoms with E-state index in [1.807, 2.05) is 32.0 Å². The highest BCUT2D eigenvalue weighted by Crippen LogP contribution is 2.26. The van der Waals surface area contributed by atoms with Gasteiger partial charge < -0.3 is 15.8 Å². The first-order valence-electron chi connectivity index (χ1n) is 6.78. The molecule has 0 fully saturated rings. The molecule has 0 aliphatic carbocycles. The number of anilines is 3. The molecule has 1 heterocycles. The zero-order valence-electron chi connectivity index (χ0n) is 12.4. The first kappa shape index (κ1) is 14.8. The Kier molecular flexibility index (Phi) is 4.42. The predicted molar refractivity (Wildman–Crippen MR) is 83.8 cm³/mol. The van der Waals surface area contributed by atoms with Gasteiger partial charge in [-0.3, -0.25) is 0 Å². The van der Waals surface area contributed by atoms with Crippen molar-refractivity contribution in [3.05, 3.63) is 47.2 Å². The number of nitrogens with zero attached hydrogens (tertiary/aromatic N) is 1. The van der Waals surface area contributed by atoms with E-state index in [4.69, 9.17) is 10.5 Å². The number of rotatable bonds is 4. The Bertz CT molecular complexity index is 669. The molecule has 0 aliphatic rings. The SMILES string of the molecule is CCOC(=O)c1ccnc(Nc2cc(C)ccc2C)c1N. The normalized spacial score (nSPS) is 10.2. The van der Waals surface area contributed by atoms with Crippen molar-refractivity contribution in [3.63, 3.8) is 0 Å². The molecule has 0 aliphatic heterocycles. The molecule has 0 spiro atoms. The Morgan fingerprint density at radius 3 is 2.81 bits per heavy atom. The molecule has 2 aromatic rings. The standard InChI is InChI=1S/C16H19N3O2/c1-4-21-16(20)12-7-8-18-15(14(12)17)19-13-9-10(2)5-6-11(13)3/h5-9H,4,17H2,1-3H3,(H,18,19). The largest absolute Gasteiger partial charge is 0.462 e. The van der Waals surface area contributed by atoms with Crippen molar-refractivity contribution < 1.29 is 9.53 Å². The van der Waals surface area contributed by atoms with Crippen molar-refractivity contribution in [1.82, 2.24) is 4.98 Å². The summed E-state index contributed by atoms with van der Waals surface area (Å²) in [5.41, 5.74) is 9.75. The monoisotopic (exact) mass is 285 g/mol. The molecule has 2 rings (SSSR count). The maximum Gasteiger partial charge on any atom is 0.340 e. The summed E-state index contributed by atoms with van der Waals surface area (Å²) in [5, 5.41) is 3.17. The number of nitrogens with one attached hydrogen (secondary N) is 1. The lowest BCUT2D eigenvalue weighted by Gasteiger charge is -2.13. The zero-order chi connectivity index (χ0) is 15.4. The van der Waals surface area contributed by atoms with E-state index in [1.165, 1.54) is 6.20 Å². The maximum absolute atomic E-state index is 11.8. The van der Waals surface area contributed by atoms with Crippen LogP contribution in [0, 0.1) is 13.8 Å². The van der Waals surface area contributed by atoms with Crippen molar-refractivity contribution in [1.29, 1.82) is 0 Å². The molecule has 5 heteroatoms. The highest BCUT2D eigenvalue weighted by molar-refractivity contribution is 5.98. The minimum Gasteiger partial charge on any atom is -0.462 e. The number of hydrogen-bond donors (Lipinski definition) is 2. The molecule has 110 valence electrons. The van der Waals surface area contributed by atoms with Crippen LogP contribution in [0.5, 0.6) is 0 Å². The molecule has 0 saturated carbocycles. The second-order valence-electron chi connectivity index (χ2n) is 4.78. The molecule has 21 heavy (non-hydrogen) atoms. The van der Waals surface area contributed by atoms with Gasteiger partial charge in [-0.2, -0.15) is 0 Å². The summed E-state index contributed by atoms with van der Waals surface area (Å²) in [5.74, 6) is 0.00988. The molecule has 0 unspecified atom stereocenters. The molecule has 0 bridgehead atoms. The minimum atomic E-state index is -0.443. The van der Waals surface area contributed by atoms with Crippen molar-refractivity contribution in [2.24, 2.45) is 0 Å². The quantitative estimate of drug-likeness (QED) is 0.843. The van der Waals surface area contributed by atoms with Crippen LogP contribution < -0.4 is 11.1 Å². The number of carbonyl (C=O) groups excluding carboxylic acids is 1. The average Bonchev–Trinajstić information content (AvgIpc) is 2.45. The third kappa shape index (κ3) is 3.31. The van der Waals surface area contributed by atoms with Crippen molar-refractivity contribution >= 4 is 23.2 Å². The first-order valence-corrected chi connectivity index (χ1v) is 6.78. The number of pyridine rings is 1. The maximum atomic E-state index is 11.8. The van der Waals surface area contributed by atoms with Gasteiger partial charge in [0.15, 0.2) is 5.82 Å². The molecule has 3 N–H and O–H groups in total. The number of esters is 1. The van der Waals surface area contributed by atoms with Crippen molar-refractivity contribution in [2.75, 3.05) is 17.7 Å². The lowest BCUT2D eigenvalue weighted by molar-refractivity contribution is 0.0527. The van der Waals surface area contributed by atoms with Crippen LogP contribution in [0.3, 0.4) is 0 Å². The summed E-state index contributed by atoms with van der Waals surface area (Å²) in [6.07, 6.45) is 1.54. The number of aryl methyl sites for hydroxylation is 2. The fourth-order valence-electron chi connectivity index (χ4n) is 1.96. The van der Waals surface area contributed by atoms with Gasteiger partial charge in [-0.25, -0.2) is 9.78 Å². The third-order valence-electron chi connectivity index (χ3n) is 3.13. The van der Waals surface area contributed by atoms with Crippen LogP contribution in [-0.4, -0.2) is 17.6 Å². The number of nitrogen functional groups attached to an aromatic ring is 1. The summed E-state index contributed by atoms with van der Waals surface area (Å²) in [6.45, 7) is 6.06. The number of carbonyl (C=O) groups is 1. The molecule has 0 atom stereocenters. The van der Waals surface area contributed by atoms with E-state index >= 15 is 0 Å². The predicted octanol–water partition coefficient (Wildman–Crippen LogP) is 3.20. The molecule has 1 aromatic carbocycles. The van der Waals surface area contributed by atoms with Gasteiger partial charge in [-0.1, -0.05) is 12.1 Å². The van der Waals surface area contributed by atoms with Gasteiger partial charge in [0, 0.05) is 11.9 Å². The van der Waals surface area contributed by atoms with Crippen LogP contribution in [0.1, 0.15) is 28.4 Å². The Balaban J connectivity index is 2.35. The van der Waals surface area contributed by atoms with E-state index in [-0.39, 0.29) is 5.69 Å². The van der Waals surface area contributed by atoms with Crippen LogP contribution >= 0.6 is 0 Å². The minimum absolute atomic E-state index is 0.289. The van der Waals surface area contributed by atoms with Gasteiger partial charge in [0.1, 0.15) is 0 Å². The highest BCUT2D eigenvalue weighted by atomic mass is 16.5. The number of aromatic nitrogens is 1. The van der Waals surface area contributed by atoms with Gasteiger partial charge in [0.05, 0.1) is 17.9 Å². The zero-order valence-corrected chi connectivity index (χ0v) is 12.4. The second-order valence-corrected chi connectivity index (χ2v) is 4.78. The van der Waals surface area contributed by atoms with Crippen molar-refractivity contribution in [3.8, 4) is 0 Å². The molecule has 0 radical (unpaired) electrons. The molecule has 5 nitrogen and oxygen atoms in total. The van der Waals surface area contributed by atoms with Crippen molar-refractivity contribution in [2.45, 2.75) is 20.8 Å². The smallest absolute Gasteiger partial charge is 0.340 e. The Labute approximate surface area is 124 Å². The lowest BCUT2D eigenvalue weighted by Crippen LogP contribution is -2.10. The van der Waals surface area contributed by atoms with Crippen LogP contribution in [-0.2, 0) is 4.74 Å². The van der Waals surface area contributed by atoms with Crippen LogP contribution in [0.2, 0.25) is 0 Å². The number of nitrogens with two attached hydrogens (primary N) is 1. The summed E-state index contributed by atoms with van der Waals surface area (Å²) in [6, 6.07) is 7.62. The molecule has 0 amide bonds. The topological polar surface area (TPSA) is 77.2 Å². The average molecular weight is 285 g/mol. The summed E-state index contributed by atoms with van der Waals surface area (Å²) < 4.78 is 4.98. The van der Waals surface area contributed by atoms with Gasteiger partial charge in [-0.05, 0) is 44.0 Å². The molecular formula is C16H19N3O2. The van der Waals surface area contributed by atoms with Gasteiger partial charge in [0.25, 0.3) is 0 Å². The van der Waals surface area contributed by atoms with E-state index in [0.29, 0.717) is 18.0 Å². The van der Waals surface area contributed by atoms with E-state index in [0.717, 1.165) is 16.8 Å². The van der Waals surface area contributed by atoms with Crippen LogP contribution in [0.25, 0.3) is 0 Å². The Morgan fingerprint density at radius 2 is 2.10 bits per heavy atom. The molecule has 1 aromatic heterocycles. The van der Waals surface area contributed by atoms with E-state index in [9.17, 15) is 4.79 Å². The van der Waals surface area contributed by atoms with Crippen LogP contribution in [0.15, 0.2) is 30.5 Å². The number of benzene rings is 1. The summed E-state index contributed by atoms with van der Waals surface area (Å²) >= 11 is 0. The highest BCUT2D eigenvalue weighted by Gasteiger charge is 2.15. The van der Waals surface area contributed by atoms with E-state index in [2.05, 4.69) is 10.3 Å². The second kappa shape index (κ2) is 6.26. The number of ether oxygens (including phenoxy) is 1. The Hall–Kier alpha value is -2.56. The van der Waals surface area contributed by atoms with E-state index < -0.39 is 5.97 Å². The first-order chi connectivity index (χ1) is 10.0.